The largest absolute Gasteiger partial charge is 0.456 e. The normalized spacial score (nSPS) is 11.5. The fourth-order valence-corrected chi connectivity index (χ4v) is 6.81. The molecule has 3 nitrogen and oxygen atoms in total. The van der Waals surface area contributed by atoms with Crippen molar-refractivity contribution in [2.75, 3.05) is 0 Å². The van der Waals surface area contributed by atoms with Gasteiger partial charge in [-0.2, -0.15) is 5.26 Å². The Hall–Kier alpha value is -6.37. The van der Waals surface area contributed by atoms with Crippen LogP contribution in [0.2, 0.25) is 0 Å². The van der Waals surface area contributed by atoms with E-state index in [-0.39, 0.29) is 0 Å². The van der Waals surface area contributed by atoms with Gasteiger partial charge in [-0.25, -0.2) is 0 Å². The molecule has 2 aromatic heterocycles. The molecule has 46 heavy (non-hydrogen) atoms. The number of para-hydroxylation sites is 2. The Balaban J connectivity index is 1.33. The fourth-order valence-electron chi connectivity index (χ4n) is 6.81. The summed E-state index contributed by atoms with van der Waals surface area (Å²) in [5, 5.41) is 14.4. The predicted molar refractivity (Wildman–Crippen MR) is 187 cm³/mol. The molecule has 0 amide bonds. The van der Waals surface area contributed by atoms with Crippen molar-refractivity contribution in [3.8, 4) is 50.6 Å². The summed E-state index contributed by atoms with van der Waals surface area (Å²) in [6.45, 7) is 0. The van der Waals surface area contributed by atoms with E-state index in [1.807, 2.05) is 60.7 Å². The van der Waals surface area contributed by atoms with Crippen LogP contribution >= 0.6 is 0 Å². The van der Waals surface area contributed by atoms with Crippen LogP contribution in [0.5, 0.6) is 0 Å². The number of nitrogens with zero attached hydrogens (tertiary/aromatic N) is 1. The summed E-state index contributed by atoms with van der Waals surface area (Å²) < 4.78 is 12.4. The summed E-state index contributed by atoms with van der Waals surface area (Å²) in [4.78, 5) is 0. The molecule has 0 spiro atoms. The van der Waals surface area contributed by atoms with Gasteiger partial charge in [0.05, 0.1) is 11.6 Å². The minimum atomic E-state index is 0.651. The van der Waals surface area contributed by atoms with Crippen LogP contribution in [0.1, 0.15) is 5.56 Å². The number of hydrogen-bond acceptors (Lipinski definition) is 3. The van der Waals surface area contributed by atoms with Crippen LogP contribution in [0.3, 0.4) is 0 Å². The molecule has 0 saturated heterocycles. The lowest BCUT2D eigenvalue weighted by atomic mass is 9.88. The van der Waals surface area contributed by atoms with Crippen molar-refractivity contribution in [2.45, 2.75) is 0 Å². The van der Waals surface area contributed by atoms with Crippen LogP contribution in [0.15, 0.2) is 160 Å². The average Bonchev–Trinajstić information content (AvgIpc) is 3.69. The Bertz CT molecular complexity index is 2670. The zero-order chi connectivity index (χ0) is 30.6. The number of benzene rings is 7. The van der Waals surface area contributed by atoms with Crippen molar-refractivity contribution in [2.24, 2.45) is 0 Å². The van der Waals surface area contributed by atoms with E-state index >= 15 is 0 Å². The molecule has 7 aromatic carbocycles. The molecule has 3 heteroatoms. The van der Waals surface area contributed by atoms with Gasteiger partial charge in [-0.05, 0) is 93.5 Å². The minimum absolute atomic E-state index is 0.651. The highest BCUT2D eigenvalue weighted by Gasteiger charge is 2.17. The summed E-state index contributed by atoms with van der Waals surface area (Å²) in [6.07, 6.45) is 0. The van der Waals surface area contributed by atoms with Gasteiger partial charge in [0.1, 0.15) is 22.3 Å². The monoisotopic (exact) mass is 587 g/mol. The highest BCUT2D eigenvalue weighted by Crippen LogP contribution is 2.42. The molecule has 0 unspecified atom stereocenters. The molecular weight excluding hydrogens is 562 g/mol. The van der Waals surface area contributed by atoms with E-state index in [4.69, 9.17) is 8.83 Å². The zero-order valence-electron chi connectivity index (χ0n) is 24.7. The maximum atomic E-state index is 9.97. The van der Waals surface area contributed by atoms with Gasteiger partial charge in [0.15, 0.2) is 0 Å². The first-order valence-electron chi connectivity index (χ1n) is 15.3. The van der Waals surface area contributed by atoms with Crippen LogP contribution in [0, 0.1) is 11.3 Å². The SMILES string of the molecule is N#Cc1ccccc1-c1ccccc1-c1cc(-c2ccc3oc4ccccc4c3c2)cc(-c2cccc3oc4ccccc4c23)c1. The molecule has 0 saturated carbocycles. The highest BCUT2D eigenvalue weighted by molar-refractivity contribution is 6.13. The first-order chi connectivity index (χ1) is 22.7. The number of rotatable bonds is 4. The van der Waals surface area contributed by atoms with E-state index in [1.54, 1.807) is 0 Å². The molecule has 0 aliphatic heterocycles. The highest BCUT2D eigenvalue weighted by atomic mass is 16.3. The summed E-state index contributed by atoms with van der Waals surface area (Å²) in [6, 6.07) is 54.4. The average molecular weight is 588 g/mol. The first kappa shape index (κ1) is 26.1. The molecule has 9 rings (SSSR count). The van der Waals surface area contributed by atoms with E-state index in [0.29, 0.717) is 5.56 Å². The van der Waals surface area contributed by atoms with Crippen molar-refractivity contribution >= 4 is 43.9 Å². The van der Waals surface area contributed by atoms with Crippen LogP contribution in [0.25, 0.3) is 88.4 Å². The van der Waals surface area contributed by atoms with Gasteiger partial charge < -0.3 is 8.83 Å². The lowest BCUT2D eigenvalue weighted by Gasteiger charge is -2.15. The Morgan fingerprint density at radius 2 is 0.935 bits per heavy atom. The van der Waals surface area contributed by atoms with Gasteiger partial charge in [-0.1, -0.05) is 97.1 Å². The van der Waals surface area contributed by atoms with E-state index in [1.165, 1.54) is 0 Å². The zero-order valence-corrected chi connectivity index (χ0v) is 24.7. The molecule has 9 aromatic rings. The second-order valence-electron chi connectivity index (χ2n) is 11.6. The van der Waals surface area contributed by atoms with Gasteiger partial charge in [0, 0.05) is 27.1 Å². The lowest BCUT2D eigenvalue weighted by molar-refractivity contribution is 0.668. The molecule has 0 fully saturated rings. The molecule has 2 heterocycles. The van der Waals surface area contributed by atoms with Crippen molar-refractivity contribution in [1.82, 2.24) is 0 Å². The van der Waals surface area contributed by atoms with Crippen LogP contribution in [-0.4, -0.2) is 0 Å². The molecule has 214 valence electrons. The van der Waals surface area contributed by atoms with Gasteiger partial charge in [0.2, 0.25) is 0 Å². The Morgan fingerprint density at radius 1 is 0.370 bits per heavy atom. The molecule has 0 bridgehead atoms. The Labute approximate surface area is 265 Å². The summed E-state index contributed by atoms with van der Waals surface area (Å²) in [7, 11) is 0. The number of hydrogen-bond donors (Lipinski definition) is 0. The van der Waals surface area contributed by atoms with Gasteiger partial charge in [-0.15, -0.1) is 0 Å². The third-order valence-corrected chi connectivity index (χ3v) is 8.93. The Kier molecular flexibility index (Phi) is 5.88. The smallest absolute Gasteiger partial charge is 0.136 e. The minimum Gasteiger partial charge on any atom is -0.456 e. The first-order valence-corrected chi connectivity index (χ1v) is 15.3. The van der Waals surface area contributed by atoms with Crippen LogP contribution in [-0.2, 0) is 0 Å². The molecular formula is C43H25NO2. The van der Waals surface area contributed by atoms with Crippen molar-refractivity contribution < 1.29 is 8.83 Å². The van der Waals surface area contributed by atoms with Crippen molar-refractivity contribution in [3.63, 3.8) is 0 Å². The van der Waals surface area contributed by atoms with E-state index < -0.39 is 0 Å². The molecule has 0 radical (unpaired) electrons. The molecule has 0 atom stereocenters. The summed E-state index contributed by atoms with van der Waals surface area (Å²) in [5.41, 5.74) is 12.6. The van der Waals surface area contributed by atoms with Crippen LogP contribution < -0.4 is 0 Å². The van der Waals surface area contributed by atoms with Gasteiger partial charge in [-0.3, -0.25) is 0 Å². The van der Waals surface area contributed by atoms with E-state index in [0.717, 1.165) is 88.4 Å². The topological polar surface area (TPSA) is 50.1 Å². The molecule has 0 aliphatic rings. The quantitative estimate of drug-likeness (QED) is 0.206. The predicted octanol–water partition coefficient (Wildman–Crippen LogP) is 12.0. The summed E-state index contributed by atoms with van der Waals surface area (Å²) >= 11 is 0. The van der Waals surface area contributed by atoms with Gasteiger partial charge >= 0.3 is 0 Å². The summed E-state index contributed by atoms with van der Waals surface area (Å²) in [5.74, 6) is 0. The number of fused-ring (bicyclic) bond motifs is 6. The van der Waals surface area contributed by atoms with Crippen LogP contribution in [0.4, 0.5) is 0 Å². The second-order valence-corrected chi connectivity index (χ2v) is 11.6. The second kappa shape index (κ2) is 10.4. The van der Waals surface area contributed by atoms with Crippen molar-refractivity contribution in [1.29, 1.82) is 5.26 Å². The lowest BCUT2D eigenvalue weighted by Crippen LogP contribution is -1.91. The third-order valence-electron chi connectivity index (χ3n) is 8.93. The standard InChI is InChI=1S/C43H25NO2/c44-26-28-10-1-2-11-32(28)35-13-4-3-12-33(35)30-22-29(27-20-21-41-38(25-27)36-14-5-7-17-39(36)45-41)23-31(24-30)34-16-9-19-42-43(34)37-15-6-8-18-40(37)46-42/h1-25H. The molecule has 0 aliphatic carbocycles. The molecule has 0 N–H and O–H groups in total. The number of furan rings is 2. The van der Waals surface area contributed by atoms with E-state index in [9.17, 15) is 5.26 Å². The van der Waals surface area contributed by atoms with Crippen molar-refractivity contribution in [3.05, 3.63) is 157 Å². The number of nitriles is 1. The maximum Gasteiger partial charge on any atom is 0.136 e. The van der Waals surface area contributed by atoms with E-state index in [2.05, 4.69) is 97.1 Å². The Morgan fingerprint density at radius 3 is 1.76 bits per heavy atom. The maximum absolute atomic E-state index is 9.97. The third kappa shape index (κ3) is 4.13. The van der Waals surface area contributed by atoms with Gasteiger partial charge in [0.25, 0.3) is 0 Å². The fraction of sp³-hybridized carbons (Fsp3) is 0.